The molecule has 0 aromatic heterocycles. The predicted octanol–water partition coefficient (Wildman–Crippen LogP) is 4.89. The standard InChI is InChI=1S/C17H12Cl3N3O2S/c18-9-4-6-10(7-5-9)21-17-23-16(25)13(26-17)8-14(24)22-12-3-1-2-11(19)15(12)20/h1-7,13H,8H2,(H,22,24)(H,21,23,25). The molecule has 2 aromatic carbocycles. The summed E-state index contributed by atoms with van der Waals surface area (Å²) < 4.78 is 0. The van der Waals surface area contributed by atoms with Gasteiger partial charge in [-0.2, -0.15) is 0 Å². The topological polar surface area (TPSA) is 70.6 Å². The van der Waals surface area contributed by atoms with Gasteiger partial charge in [-0.15, -0.1) is 0 Å². The quantitative estimate of drug-likeness (QED) is 0.728. The van der Waals surface area contributed by atoms with E-state index in [1.54, 1.807) is 42.5 Å². The van der Waals surface area contributed by atoms with E-state index in [4.69, 9.17) is 34.8 Å². The predicted molar refractivity (Wildman–Crippen MR) is 108 cm³/mol. The van der Waals surface area contributed by atoms with E-state index in [0.717, 1.165) is 0 Å². The van der Waals surface area contributed by atoms with E-state index in [1.807, 2.05) is 0 Å². The summed E-state index contributed by atoms with van der Waals surface area (Å²) in [5, 5.41) is 6.41. The molecule has 1 aliphatic rings. The molecule has 9 heteroatoms. The Bertz CT molecular complexity index is 887. The van der Waals surface area contributed by atoms with Gasteiger partial charge in [0, 0.05) is 11.4 Å². The summed E-state index contributed by atoms with van der Waals surface area (Å²) in [5.41, 5.74) is 1.07. The highest BCUT2D eigenvalue weighted by atomic mass is 35.5. The zero-order valence-corrected chi connectivity index (χ0v) is 16.2. The summed E-state index contributed by atoms with van der Waals surface area (Å²) in [4.78, 5) is 28.6. The van der Waals surface area contributed by atoms with Crippen molar-refractivity contribution in [2.45, 2.75) is 11.7 Å². The van der Waals surface area contributed by atoms with Gasteiger partial charge in [0.05, 0.1) is 21.4 Å². The maximum Gasteiger partial charge on any atom is 0.240 e. The van der Waals surface area contributed by atoms with Crippen molar-refractivity contribution < 1.29 is 9.59 Å². The largest absolute Gasteiger partial charge is 0.325 e. The molecule has 1 fully saturated rings. The minimum absolute atomic E-state index is 0.0149. The van der Waals surface area contributed by atoms with Gasteiger partial charge in [-0.05, 0) is 36.4 Å². The average Bonchev–Trinajstić information content (AvgIpc) is 2.93. The molecule has 1 heterocycles. The van der Waals surface area contributed by atoms with Gasteiger partial charge >= 0.3 is 0 Å². The Kier molecular flexibility index (Phi) is 6.09. The summed E-state index contributed by atoms with van der Waals surface area (Å²) in [6.45, 7) is 0. The van der Waals surface area contributed by atoms with Crippen molar-refractivity contribution in [1.82, 2.24) is 5.32 Å². The number of carbonyl (C=O) groups excluding carboxylic acids is 2. The Balaban J connectivity index is 1.63. The van der Waals surface area contributed by atoms with Crippen LogP contribution in [0.5, 0.6) is 0 Å². The minimum atomic E-state index is -0.570. The zero-order valence-electron chi connectivity index (χ0n) is 13.1. The molecule has 1 unspecified atom stereocenters. The third-order valence-corrected chi connectivity index (χ3v) is 5.58. The molecule has 0 spiro atoms. The van der Waals surface area contributed by atoms with Crippen molar-refractivity contribution in [1.29, 1.82) is 0 Å². The number of nitrogens with one attached hydrogen (secondary N) is 2. The lowest BCUT2D eigenvalue weighted by atomic mass is 10.2. The third-order valence-electron chi connectivity index (χ3n) is 3.43. The molecule has 134 valence electrons. The van der Waals surface area contributed by atoms with Crippen molar-refractivity contribution in [3.63, 3.8) is 0 Å². The summed E-state index contributed by atoms with van der Waals surface area (Å²) >= 11 is 19.0. The van der Waals surface area contributed by atoms with Crippen molar-refractivity contribution in [2.24, 2.45) is 4.99 Å². The van der Waals surface area contributed by atoms with Crippen LogP contribution in [0, 0.1) is 0 Å². The Morgan fingerprint density at radius 3 is 2.62 bits per heavy atom. The second-order valence-corrected chi connectivity index (χ2v) is 7.76. The van der Waals surface area contributed by atoms with E-state index in [9.17, 15) is 9.59 Å². The van der Waals surface area contributed by atoms with E-state index >= 15 is 0 Å². The second-order valence-electron chi connectivity index (χ2n) is 5.34. The van der Waals surface area contributed by atoms with E-state index in [0.29, 0.717) is 26.6 Å². The highest BCUT2D eigenvalue weighted by molar-refractivity contribution is 8.15. The first-order valence-corrected chi connectivity index (χ1v) is 9.49. The lowest BCUT2D eigenvalue weighted by Crippen LogP contribution is -2.28. The molecule has 1 atom stereocenters. The third kappa shape index (κ3) is 4.71. The fourth-order valence-corrected chi connectivity index (χ4v) is 3.66. The summed E-state index contributed by atoms with van der Waals surface area (Å²) in [6, 6.07) is 11.8. The molecule has 3 rings (SSSR count). The van der Waals surface area contributed by atoms with Crippen LogP contribution in [0.1, 0.15) is 6.42 Å². The molecule has 5 nitrogen and oxygen atoms in total. The molecule has 1 saturated heterocycles. The zero-order chi connectivity index (χ0) is 18.7. The SMILES string of the molecule is O=C(CC1SC(=Nc2ccc(Cl)cc2)NC1=O)Nc1cccc(Cl)c1Cl. The molecule has 1 aliphatic heterocycles. The number of aliphatic imine (C=N–C) groups is 1. The van der Waals surface area contributed by atoms with Gasteiger partial charge in [-0.1, -0.05) is 52.6 Å². The Labute approximate surface area is 169 Å². The van der Waals surface area contributed by atoms with Gasteiger partial charge in [0.15, 0.2) is 5.17 Å². The van der Waals surface area contributed by atoms with Gasteiger partial charge in [0.25, 0.3) is 0 Å². The van der Waals surface area contributed by atoms with E-state index in [1.165, 1.54) is 11.8 Å². The normalized spacial score (nSPS) is 18.0. The maximum atomic E-state index is 12.2. The number of benzene rings is 2. The average molecular weight is 429 g/mol. The molecular formula is C17H12Cl3N3O2S. The first-order chi connectivity index (χ1) is 12.4. The van der Waals surface area contributed by atoms with Crippen molar-refractivity contribution in [3.05, 3.63) is 57.5 Å². The molecule has 2 N–H and O–H groups in total. The number of hydrogen-bond donors (Lipinski definition) is 2. The summed E-state index contributed by atoms with van der Waals surface area (Å²) in [6.07, 6.45) is -0.0149. The van der Waals surface area contributed by atoms with E-state index < -0.39 is 5.25 Å². The Hall–Kier alpha value is -1.73. The fourth-order valence-electron chi connectivity index (χ4n) is 2.20. The molecule has 0 radical (unpaired) electrons. The number of amidine groups is 1. The van der Waals surface area contributed by atoms with Gasteiger partial charge in [0.2, 0.25) is 11.8 Å². The number of carbonyl (C=O) groups is 2. The molecule has 26 heavy (non-hydrogen) atoms. The number of hydrogen-bond acceptors (Lipinski definition) is 4. The summed E-state index contributed by atoms with van der Waals surface area (Å²) in [5.74, 6) is -0.607. The van der Waals surface area contributed by atoms with Gasteiger partial charge in [-0.3, -0.25) is 9.59 Å². The molecule has 0 saturated carbocycles. The van der Waals surface area contributed by atoms with Gasteiger partial charge in [0.1, 0.15) is 5.25 Å². The number of thioether (sulfide) groups is 1. The number of nitrogens with zero attached hydrogens (tertiary/aromatic N) is 1. The molecule has 2 amide bonds. The molecule has 2 aromatic rings. The number of rotatable bonds is 4. The molecular weight excluding hydrogens is 417 g/mol. The van der Waals surface area contributed by atoms with Crippen molar-refractivity contribution in [3.8, 4) is 0 Å². The van der Waals surface area contributed by atoms with Crippen LogP contribution in [0.25, 0.3) is 0 Å². The van der Waals surface area contributed by atoms with E-state index in [2.05, 4.69) is 15.6 Å². The number of anilines is 1. The lowest BCUT2D eigenvalue weighted by Gasteiger charge is -2.09. The molecule has 0 aliphatic carbocycles. The van der Waals surface area contributed by atoms with Crippen LogP contribution < -0.4 is 10.6 Å². The number of amides is 2. The van der Waals surface area contributed by atoms with Crippen molar-refractivity contribution in [2.75, 3.05) is 5.32 Å². The maximum absolute atomic E-state index is 12.2. The van der Waals surface area contributed by atoms with Crippen LogP contribution in [-0.2, 0) is 9.59 Å². The Morgan fingerprint density at radius 2 is 1.88 bits per heavy atom. The Morgan fingerprint density at radius 1 is 1.15 bits per heavy atom. The fraction of sp³-hybridized carbons (Fsp3) is 0.118. The smallest absolute Gasteiger partial charge is 0.240 e. The number of halogens is 3. The van der Waals surface area contributed by atoms with Crippen LogP contribution in [-0.4, -0.2) is 22.2 Å². The van der Waals surface area contributed by atoms with Gasteiger partial charge < -0.3 is 10.6 Å². The lowest BCUT2D eigenvalue weighted by molar-refractivity contribution is -0.122. The first kappa shape index (κ1) is 19.0. The summed E-state index contributed by atoms with van der Waals surface area (Å²) in [7, 11) is 0. The van der Waals surface area contributed by atoms with Crippen LogP contribution in [0.4, 0.5) is 11.4 Å². The van der Waals surface area contributed by atoms with Gasteiger partial charge in [-0.25, -0.2) is 4.99 Å². The minimum Gasteiger partial charge on any atom is -0.325 e. The van der Waals surface area contributed by atoms with Crippen LogP contribution >= 0.6 is 46.6 Å². The monoisotopic (exact) mass is 427 g/mol. The highest BCUT2D eigenvalue weighted by Crippen LogP contribution is 2.30. The highest BCUT2D eigenvalue weighted by Gasteiger charge is 2.32. The molecule has 0 bridgehead atoms. The van der Waals surface area contributed by atoms with E-state index in [-0.39, 0.29) is 23.3 Å². The van der Waals surface area contributed by atoms with Crippen molar-refractivity contribution >= 4 is 74.9 Å². The first-order valence-electron chi connectivity index (χ1n) is 7.48. The van der Waals surface area contributed by atoms with Crippen LogP contribution in [0.2, 0.25) is 15.1 Å². The second kappa shape index (κ2) is 8.31. The van der Waals surface area contributed by atoms with Crippen LogP contribution in [0.3, 0.4) is 0 Å². The van der Waals surface area contributed by atoms with Crippen LogP contribution in [0.15, 0.2) is 47.5 Å².